The number of nitrogens with one attached hydrogen (secondary N) is 2. The number of rotatable bonds is 3. The predicted octanol–water partition coefficient (Wildman–Crippen LogP) is 4.30. The third kappa shape index (κ3) is 4.66. The molecule has 0 unspecified atom stereocenters. The summed E-state index contributed by atoms with van der Waals surface area (Å²) in [5.74, 6) is -0.725. The summed E-state index contributed by atoms with van der Waals surface area (Å²) in [5.41, 5.74) is -1.08. The molecule has 6 nitrogen and oxygen atoms in total. The van der Waals surface area contributed by atoms with Crippen molar-refractivity contribution in [1.29, 1.82) is 0 Å². The lowest BCUT2D eigenvalue weighted by atomic mass is 10.0. The molecule has 0 bridgehead atoms. The Kier molecular flexibility index (Phi) is 5.27. The van der Waals surface area contributed by atoms with Gasteiger partial charge in [0.2, 0.25) is 5.28 Å². The van der Waals surface area contributed by atoms with Crippen LogP contribution in [-0.2, 0) is 6.18 Å². The lowest BCUT2D eigenvalue weighted by Crippen LogP contribution is -2.21. The smallest absolute Gasteiger partial charge is 0.308 e. The maximum atomic E-state index is 13.1. The van der Waals surface area contributed by atoms with E-state index in [0.29, 0.717) is 11.8 Å². The first kappa shape index (κ1) is 18.7. The Morgan fingerprint density at radius 3 is 2.44 bits per heavy atom. The molecule has 2 aromatic rings. The van der Waals surface area contributed by atoms with Crippen molar-refractivity contribution >= 4 is 34.8 Å². The maximum Gasteiger partial charge on any atom is 0.417 e. The fourth-order valence-corrected chi connectivity index (χ4v) is 2.19. The molecular weight excluding hydrogens is 361 g/mol. The molecule has 1 aromatic heterocycles. The van der Waals surface area contributed by atoms with Gasteiger partial charge in [0.1, 0.15) is 0 Å². The SMILES string of the molecule is CC(=O)c1ccc(NC(=O)Nc2cnc(Cl)nc2C)cc1C(F)(F)F. The minimum Gasteiger partial charge on any atom is -0.308 e. The third-order valence-electron chi connectivity index (χ3n) is 3.16. The highest BCUT2D eigenvalue weighted by Gasteiger charge is 2.34. The molecule has 0 fully saturated rings. The van der Waals surface area contributed by atoms with Crippen molar-refractivity contribution in [3.63, 3.8) is 0 Å². The van der Waals surface area contributed by atoms with Crippen molar-refractivity contribution in [2.45, 2.75) is 20.0 Å². The van der Waals surface area contributed by atoms with Gasteiger partial charge >= 0.3 is 12.2 Å². The average Bonchev–Trinajstić information content (AvgIpc) is 2.49. The van der Waals surface area contributed by atoms with E-state index in [1.807, 2.05) is 0 Å². The van der Waals surface area contributed by atoms with Gasteiger partial charge in [-0.05, 0) is 43.6 Å². The largest absolute Gasteiger partial charge is 0.417 e. The van der Waals surface area contributed by atoms with E-state index < -0.39 is 29.1 Å². The van der Waals surface area contributed by atoms with Gasteiger partial charge in [-0.2, -0.15) is 13.2 Å². The second kappa shape index (κ2) is 7.06. The standard InChI is InChI=1S/C15H12ClF3N4O2/c1-7-12(6-20-13(16)21-7)23-14(25)22-9-3-4-10(8(2)24)11(5-9)15(17,18)19/h3-6H,1-2H3,(H2,22,23,25). The van der Waals surface area contributed by atoms with Crippen LogP contribution >= 0.6 is 11.6 Å². The number of amides is 2. The van der Waals surface area contributed by atoms with Gasteiger partial charge in [-0.1, -0.05) is 0 Å². The highest BCUT2D eigenvalue weighted by Crippen LogP contribution is 2.34. The van der Waals surface area contributed by atoms with Gasteiger partial charge in [-0.3, -0.25) is 4.79 Å². The van der Waals surface area contributed by atoms with Crippen molar-refractivity contribution in [3.8, 4) is 0 Å². The summed E-state index contributed by atoms with van der Waals surface area (Å²) in [4.78, 5) is 30.8. The Morgan fingerprint density at radius 2 is 1.88 bits per heavy atom. The molecule has 1 aromatic carbocycles. The Labute approximate surface area is 145 Å². The van der Waals surface area contributed by atoms with Crippen LogP contribution in [0.3, 0.4) is 0 Å². The van der Waals surface area contributed by atoms with Gasteiger partial charge in [-0.15, -0.1) is 0 Å². The number of carbonyl (C=O) groups is 2. The lowest BCUT2D eigenvalue weighted by molar-refractivity contribution is -0.137. The van der Waals surface area contributed by atoms with Crippen LogP contribution in [0.25, 0.3) is 0 Å². The van der Waals surface area contributed by atoms with Crippen molar-refractivity contribution in [2.75, 3.05) is 10.6 Å². The second-order valence-electron chi connectivity index (χ2n) is 5.03. The Balaban J connectivity index is 2.22. The fraction of sp³-hybridized carbons (Fsp3) is 0.200. The van der Waals surface area contributed by atoms with Gasteiger partial charge in [-0.25, -0.2) is 14.8 Å². The number of benzene rings is 1. The van der Waals surface area contributed by atoms with Crippen molar-refractivity contribution in [3.05, 3.63) is 46.5 Å². The first-order valence-corrected chi connectivity index (χ1v) is 7.25. The summed E-state index contributed by atoms with van der Waals surface area (Å²) < 4.78 is 39.2. The summed E-state index contributed by atoms with van der Waals surface area (Å²) >= 11 is 5.60. The van der Waals surface area contributed by atoms with E-state index in [-0.39, 0.29) is 16.7 Å². The summed E-state index contributed by atoms with van der Waals surface area (Å²) in [6.45, 7) is 2.61. The zero-order valence-electron chi connectivity index (χ0n) is 13.0. The van der Waals surface area contributed by atoms with Crippen LogP contribution < -0.4 is 10.6 Å². The number of aromatic nitrogens is 2. The van der Waals surface area contributed by atoms with E-state index in [9.17, 15) is 22.8 Å². The number of anilines is 2. The number of hydrogen-bond acceptors (Lipinski definition) is 4. The van der Waals surface area contributed by atoms with Gasteiger partial charge in [0, 0.05) is 11.3 Å². The van der Waals surface area contributed by atoms with Gasteiger partial charge < -0.3 is 10.6 Å². The van der Waals surface area contributed by atoms with E-state index in [1.54, 1.807) is 6.92 Å². The first-order valence-electron chi connectivity index (χ1n) is 6.87. The number of halogens is 4. The molecule has 0 radical (unpaired) electrons. The second-order valence-corrected chi connectivity index (χ2v) is 5.37. The molecule has 132 valence electrons. The van der Waals surface area contributed by atoms with Crippen molar-refractivity contribution in [2.24, 2.45) is 0 Å². The summed E-state index contributed by atoms with van der Waals surface area (Å²) in [6.07, 6.45) is -3.46. The average molecular weight is 373 g/mol. The van der Waals surface area contributed by atoms with Gasteiger partial charge in [0.15, 0.2) is 5.78 Å². The quantitative estimate of drug-likeness (QED) is 0.621. The topological polar surface area (TPSA) is 84.0 Å². The Hall–Kier alpha value is -2.68. The number of ketones is 1. The van der Waals surface area contributed by atoms with Crippen LogP contribution in [-0.4, -0.2) is 21.8 Å². The number of carbonyl (C=O) groups excluding carboxylic acids is 2. The molecule has 0 spiro atoms. The lowest BCUT2D eigenvalue weighted by Gasteiger charge is -2.14. The van der Waals surface area contributed by atoms with Crippen LogP contribution in [0.4, 0.5) is 29.3 Å². The normalized spacial score (nSPS) is 11.1. The van der Waals surface area contributed by atoms with Crippen molar-refractivity contribution < 1.29 is 22.8 Å². The Bertz CT molecular complexity index is 840. The highest BCUT2D eigenvalue weighted by atomic mass is 35.5. The first-order chi connectivity index (χ1) is 11.6. The van der Waals surface area contributed by atoms with Crippen LogP contribution in [0.1, 0.15) is 28.5 Å². The molecule has 2 amide bonds. The molecule has 0 aliphatic heterocycles. The number of urea groups is 1. The predicted molar refractivity (Wildman–Crippen MR) is 85.9 cm³/mol. The molecule has 0 aliphatic rings. The number of alkyl halides is 3. The van der Waals surface area contributed by atoms with Crippen LogP contribution in [0.5, 0.6) is 0 Å². The highest BCUT2D eigenvalue weighted by molar-refractivity contribution is 6.28. The summed E-state index contributed by atoms with van der Waals surface area (Å²) in [5, 5.41) is 4.66. The number of hydrogen-bond donors (Lipinski definition) is 2. The van der Waals surface area contributed by atoms with E-state index in [0.717, 1.165) is 13.0 Å². The van der Waals surface area contributed by atoms with E-state index in [4.69, 9.17) is 11.6 Å². The molecule has 2 rings (SSSR count). The van der Waals surface area contributed by atoms with E-state index in [2.05, 4.69) is 20.6 Å². The van der Waals surface area contributed by atoms with Gasteiger partial charge in [0.25, 0.3) is 0 Å². The van der Waals surface area contributed by atoms with Crippen LogP contribution in [0, 0.1) is 6.92 Å². The molecular formula is C15H12ClF3N4O2. The molecule has 0 saturated carbocycles. The third-order valence-corrected chi connectivity index (χ3v) is 3.34. The Morgan fingerprint density at radius 1 is 1.20 bits per heavy atom. The van der Waals surface area contributed by atoms with Crippen molar-refractivity contribution in [1.82, 2.24) is 9.97 Å². The molecule has 0 saturated heterocycles. The minimum absolute atomic E-state index is 0.00176. The molecule has 2 N–H and O–H groups in total. The minimum atomic E-state index is -4.73. The molecule has 10 heteroatoms. The number of nitrogens with zero attached hydrogens (tertiary/aromatic N) is 2. The van der Waals surface area contributed by atoms with Crippen LogP contribution in [0.15, 0.2) is 24.4 Å². The molecule has 25 heavy (non-hydrogen) atoms. The molecule has 0 aliphatic carbocycles. The van der Waals surface area contributed by atoms with Crippen LogP contribution in [0.2, 0.25) is 5.28 Å². The summed E-state index contributed by atoms with van der Waals surface area (Å²) in [6, 6.07) is 2.12. The zero-order chi connectivity index (χ0) is 18.8. The monoisotopic (exact) mass is 372 g/mol. The molecule has 1 heterocycles. The summed E-state index contributed by atoms with van der Waals surface area (Å²) in [7, 11) is 0. The molecule has 0 atom stereocenters. The zero-order valence-corrected chi connectivity index (χ0v) is 13.8. The fourth-order valence-electron chi connectivity index (χ4n) is 2.01. The number of aryl methyl sites for hydroxylation is 1. The number of Topliss-reactive ketones (excluding diaryl/α,β-unsaturated/α-hetero) is 1. The van der Waals surface area contributed by atoms with E-state index in [1.165, 1.54) is 12.3 Å². The maximum absolute atomic E-state index is 13.1. The van der Waals surface area contributed by atoms with Gasteiger partial charge in [0.05, 0.1) is 23.1 Å². The van der Waals surface area contributed by atoms with E-state index >= 15 is 0 Å².